The number of hydrogen-bond donors (Lipinski definition) is 1. The molecule has 2 aromatic rings. The van der Waals surface area contributed by atoms with Crippen molar-refractivity contribution in [2.24, 2.45) is 11.8 Å². The molecule has 2 saturated heterocycles. The topological polar surface area (TPSA) is 84.7 Å². The number of carbonyl (C=O) groups is 2. The number of carbonyl (C=O) groups excluding carboxylic acids is 1. The largest absolute Gasteiger partial charge is 0.481 e. The minimum absolute atomic E-state index is 0.00221. The van der Waals surface area contributed by atoms with E-state index in [0.717, 1.165) is 24.1 Å². The van der Waals surface area contributed by atoms with Crippen LogP contribution < -0.4 is 0 Å². The molecular formula is C22H27N3O4. The van der Waals surface area contributed by atoms with Crippen molar-refractivity contribution >= 4 is 11.9 Å². The van der Waals surface area contributed by atoms with Crippen molar-refractivity contribution in [3.05, 3.63) is 53.3 Å². The van der Waals surface area contributed by atoms with Crippen LogP contribution in [0.5, 0.6) is 0 Å². The van der Waals surface area contributed by atoms with E-state index >= 15 is 0 Å². The van der Waals surface area contributed by atoms with Gasteiger partial charge >= 0.3 is 5.97 Å². The highest BCUT2D eigenvalue weighted by atomic mass is 16.5. The molecule has 0 bridgehead atoms. The number of carboxylic acid groups (broad SMARTS) is 1. The van der Waals surface area contributed by atoms with E-state index in [1.165, 1.54) is 0 Å². The van der Waals surface area contributed by atoms with Crippen molar-refractivity contribution in [1.82, 2.24) is 14.7 Å². The smallest absolute Gasteiger partial charge is 0.309 e. The van der Waals surface area contributed by atoms with Crippen molar-refractivity contribution in [2.75, 3.05) is 19.7 Å². The van der Waals surface area contributed by atoms with Gasteiger partial charge in [0.2, 0.25) is 0 Å². The van der Waals surface area contributed by atoms with E-state index < -0.39 is 11.9 Å². The summed E-state index contributed by atoms with van der Waals surface area (Å²) in [5.41, 5.74) is 2.65. The monoisotopic (exact) mass is 397 g/mol. The Balaban J connectivity index is 1.38. The highest BCUT2D eigenvalue weighted by Crippen LogP contribution is 2.33. The van der Waals surface area contributed by atoms with E-state index in [2.05, 4.69) is 5.10 Å². The number of carboxylic acids is 1. The second-order valence-corrected chi connectivity index (χ2v) is 7.99. The number of aromatic nitrogens is 2. The number of amides is 1. The third-order valence-electron chi connectivity index (χ3n) is 6.25. The summed E-state index contributed by atoms with van der Waals surface area (Å²) in [6.07, 6.45) is 3.57. The molecule has 2 atom stereocenters. The quantitative estimate of drug-likeness (QED) is 0.838. The molecule has 4 rings (SSSR count). The molecule has 1 unspecified atom stereocenters. The lowest BCUT2D eigenvalue weighted by Crippen LogP contribution is -2.43. The Morgan fingerprint density at radius 3 is 2.59 bits per heavy atom. The first-order valence-corrected chi connectivity index (χ1v) is 10.2. The van der Waals surface area contributed by atoms with E-state index in [9.17, 15) is 14.7 Å². The number of likely N-dealkylation sites (tertiary alicyclic amines) is 1. The highest BCUT2D eigenvalue weighted by Gasteiger charge is 2.41. The molecule has 2 fully saturated rings. The molecule has 1 aromatic carbocycles. The van der Waals surface area contributed by atoms with Crippen LogP contribution in [0.25, 0.3) is 0 Å². The first-order valence-electron chi connectivity index (χ1n) is 10.2. The number of ether oxygens (including phenoxy) is 1. The van der Waals surface area contributed by atoms with Gasteiger partial charge in [-0.15, -0.1) is 0 Å². The van der Waals surface area contributed by atoms with Crippen molar-refractivity contribution in [1.29, 1.82) is 0 Å². The minimum atomic E-state index is -0.771. The molecule has 2 aliphatic rings. The van der Waals surface area contributed by atoms with E-state index in [0.29, 0.717) is 38.2 Å². The maximum atomic E-state index is 13.0. The molecule has 0 aliphatic carbocycles. The number of rotatable bonds is 5. The van der Waals surface area contributed by atoms with E-state index in [1.807, 2.05) is 46.8 Å². The molecule has 1 aromatic heterocycles. The molecule has 1 N–H and O–H groups in total. The van der Waals surface area contributed by atoms with Crippen LogP contribution in [0, 0.1) is 18.8 Å². The third-order valence-corrected chi connectivity index (χ3v) is 6.25. The normalized spacial score (nSPS) is 22.7. The molecule has 3 heterocycles. The maximum absolute atomic E-state index is 13.0. The molecule has 7 nitrogen and oxygen atoms in total. The fourth-order valence-electron chi connectivity index (χ4n) is 4.51. The summed E-state index contributed by atoms with van der Waals surface area (Å²) in [4.78, 5) is 26.3. The number of hydrogen-bond acceptors (Lipinski definition) is 4. The van der Waals surface area contributed by atoms with Crippen molar-refractivity contribution in [2.45, 2.75) is 38.8 Å². The fourth-order valence-corrected chi connectivity index (χ4v) is 4.51. The van der Waals surface area contributed by atoms with Gasteiger partial charge in [-0.3, -0.25) is 14.3 Å². The van der Waals surface area contributed by atoms with Gasteiger partial charge in [0.05, 0.1) is 30.3 Å². The number of piperidine rings is 1. The van der Waals surface area contributed by atoms with E-state index in [1.54, 1.807) is 6.20 Å². The Bertz CT molecular complexity index is 871. The van der Waals surface area contributed by atoms with Crippen LogP contribution in [0.3, 0.4) is 0 Å². The highest BCUT2D eigenvalue weighted by molar-refractivity contribution is 5.95. The zero-order valence-electron chi connectivity index (χ0n) is 16.7. The van der Waals surface area contributed by atoms with Gasteiger partial charge < -0.3 is 14.7 Å². The lowest BCUT2D eigenvalue weighted by molar-refractivity contribution is -0.145. The lowest BCUT2D eigenvalue weighted by Gasteiger charge is -2.35. The summed E-state index contributed by atoms with van der Waals surface area (Å²) in [6.45, 7) is 4.33. The number of nitrogens with zero attached hydrogens (tertiary/aromatic N) is 3. The summed E-state index contributed by atoms with van der Waals surface area (Å²) >= 11 is 0. The molecule has 0 saturated carbocycles. The van der Waals surface area contributed by atoms with Gasteiger partial charge in [0, 0.05) is 25.4 Å². The second-order valence-electron chi connectivity index (χ2n) is 7.99. The average Bonchev–Trinajstić information content (AvgIpc) is 3.36. The Kier molecular flexibility index (Phi) is 5.67. The van der Waals surface area contributed by atoms with Crippen LogP contribution >= 0.6 is 0 Å². The van der Waals surface area contributed by atoms with Crippen LogP contribution in [0.1, 0.15) is 40.9 Å². The molecule has 1 amide bonds. The van der Waals surface area contributed by atoms with Crippen LogP contribution in [-0.2, 0) is 16.1 Å². The van der Waals surface area contributed by atoms with E-state index in [-0.39, 0.29) is 17.9 Å². The number of benzene rings is 1. The predicted octanol–water partition coefficient (Wildman–Crippen LogP) is 2.58. The lowest BCUT2D eigenvalue weighted by atomic mass is 9.84. The Hall–Kier alpha value is -2.67. The molecular weight excluding hydrogens is 370 g/mol. The van der Waals surface area contributed by atoms with Gasteiger partial charge in [0.25, 0.3) is 5.91 Å². The summed E-state index contributed by atoms with van der Waals surface area (Å²) in [7, 11) is 0. The predicted molar refractivity (Wildman–Crippen MR) is 107 cm³/mol. The molecule has 7 heteroatoms. The summed E-state index contributed by atoms with van der Waals surface area (Å²) < 4.78 is 7.59. The number of aliphatic carboxylic acids is 1. The van der Waals surface area contributed by atoms with Crippen LogP contribution in [0.15, 0.2) is 36.5 Å². The van der Waals surface area contributed by atoms with Gasteiger partial charge in [0.15, 0.2) is 0 Å². The zero-order chi connectivity index (χ0) is 20.4. The van der Waals surface area contributed by atoms with Gasteiger partial charge in [-0.1, -0.05) is 30.3 Å². The fraction of sp³-hybridized carbons (Fsp3) is 0.500. The SMILES string of the molecule is Cc1c(C(=O)N2CCC([C@@H]3OCCC3C(=O)O)CC2)cnn1Cc1ccccc1. The Morgan fingerprint density at radius 1 is 1.17 bits per heavy atom. The average molecular weight is 397 g/mol. The Labute approximate surface area is 170 Å². The molecule has 154 valence electrons. The summed E-state index contributed by atoms with van der Waals surface area (Å²) in [6, 6.07) is 10.1. The Morgan fingerprint density at radius 2 is 1.90 bits per heavy atom. The molecule has 29 heavy (non-hydrogen) atoms. The first-order chi connectivity index (χ1) is 14.0. The maximum Gasteiger partial charge on any atom is 0.309 e. The molecule has 2 aliphatic heterocycles. The van der Waals surface area contributed by atoms with Gasteiger partial charge in [-0.2, -0.15) is 5.10 Å². The standard InChI is InChI=1S/C22H27N3O4/c1-15-19(13-23-25(15)14-16-5-3-2-4-6-16)21(26)24-10-7-17(8-11-24)20-18(22(27)28)9-12-29-20/h2-6,13,17-18,20H,7-12,14H2,1H3,(H,27,28)/t18?,20-/m0/s1. The van der Waals surface area contributed by atoms with Crippen LogP contribution in [0.2, 0.25) is 0 Å². The van der Waals surface area contributed by atoms with E-state index in [4.69, 9.17) is 4.74 Å². The van der Waals surface area contributed by atoms with Gasteiger partial charge in [-0.05, 0) is 37.7 Å². The summed E-state index contributed by atoms with van der Waals surface area (Å²) in [5.74, 6) is -0.986. The molecule has 0 radical (unpaired) electrons. The third kappa shape index (κ3) is 4.05. The van der Waals surface area contributed by atoms with Crippen molar-refractivity contribution in [3.63, 3.8) is 0 Å². The summed E-state index contributed by atoms with van der Waals surface area (Å²) in [5, 5.41) is 13.8. The second kappa shape index (κ2) is 8.37. The van der Waals surface area contributed by atoms with Crippen LogP contribution in [0.4, 0.5) is 0 Å². The zero-order valence-corrected chi connectivity index (χ0v) is 16.7. The minimum Gasteiger partial charge on any atom is -0.481 e. The van der Waals surface area contributed by atoms with Crippen molar-refractivity contribution in [3.8, 4) is 0 Å². The van der Waals surface area contributed by atoms with Crippen molar-refractivity contribution < 1.29 is 19.4 Å². The first kappa shape index (κ1) is 19.6. The molecule has 0 spiro atoms. The van der Waals surface area contributed by atoms with Crippen LogP contribution in [-0.4, -0.2) is 57.5 Å². The van der Waals surface area contributed by atoms with Gasteiger partial charge in [0.1, 0.15) is 0 Å². The van der Waals surface area contributed by atoms with Gasteiger partial charge in [-0.25, -0.2) is 0 Å².